The zero-order valence-electron chi connectivity index (χ0n) is 16.7. The number of ether oxygens (including phenoxy) is 1. The van der Waals surface area contributed by atoms with Crippen molar-refractivity contribution in [2.75, 3.05) is 23.3 Å². The number of piperidine rings is 1. The van der Waals surface area contributed by atoms with E-state index in [9.17, 15) is 18.3 Å². The van der Waals surface area contributed by atoms with Crippen LogP contribution in [0.5, 0.6) is 5.75 Å². The summed E-state index contributed by atoms with van der Waals surface area (Å²) < 4.78 is 46.4. The number of halogens is 3. The number of benzene rings is 2. The Bertz CT molecular complexity index is 1130. The molecule has 2 N–H and O–H groups in total. The minimum atomic E-state index is -2.89. The Morgan fingerprint density at radius 3 is 2.61 bits per heavy atom. The minimum absolute atomic E-state index is 0.101. The van der Waals surface area contributed by atoms with E-state index in [2.05, 4.69) is 20.4 Å². The average Bonchev–Trinajstić information content (AvgIpc) is 2.73. The number of hydrogen-bond donors (Lipinski definition) is 2. The zero-order chi connectivity index (χ0) is 21.7. The second-order valence-corrected chi connectivity index (χ2v) is 8.05. The Labute approximate surface area is 176 Å². The third-order valence-electron chi connectivity index (χ3n) is 5.97. The molecule has 2 bridgehead atoms. The highest BCUT2D eigenvalue weighted by Gasteiger charge is 2.39. The summed E-state index contributed by atoms with van der Waals surface area (Å²) in [4.78, 5) is 2.08. The Morgan fingerprint density at radius 2 is 1.90 bits per heavy atom. The normalized spacial score (nSPS) is 21.3. The maximum absolute atomic E-state index is 14.6. The van der Waals surface area contributed by atoms with E-state index in [4.69, 9.17) is 4.74 Å². The van der Waals surface area contributed by atoms with Crippen LogP contribution in [0.15, 0.2) is 36.5 Å². The Morgan fingerprint density at radius 1 is 1.19 bits per heavy atom. The summed E-state index contributed by atoms with van der Waals surface area (Å²) in [6.45, 7) is 3.08. The van der Waals surface area contributed by atoms with Gasteiger partial charge in [0.2, 0.25) is 0 Å². The number of aromatic hydroxyl groups is 1. The summed E-state index contributed by atoms with van der Waals surface area (Å²) in [5.41, 5.74) is 1.22. The molecule has 3 saturated heterocycles. The lowest BCUT2D eigenvalue weighted by molar-refractivity contribution is -0.133. The second kappa shape index (κ2) is 7.56. The van der Waals surface area contributed by atoms with Crippen molar-refractivity contribution >= 4 is 22.3 Å². The Balaban J connectivity index is 1.49. The number of nitrogens with zero attached hydrogens (tertiary/aromatic N) is 3. The molecular weight excluding hydrogens is 409 g/mol. The quantitative estimate of drug-likeness (QED) is 0.618. The van der Waals surface area contributed by atoms with Gasteiger partial charge in [0.25, 0.3) is 6.43 Å². The van der Waals surface area contributed by atoms with Crippen molar-refractivity contribution in [1.29, 1.82) is 0 Å². The molecule has 0 saturated carbocycles. The number of anilines is 2. The standard InChI is InChI=1S/C22H21F3N4O2/c1-11(14-3-2-4-15(21(14)23)22(24)25)27-18-8-26-28-17-7-20(30)19(6-16(17)18)29-9-12-5-13(10-29)31-12/h2-4,6-8,11-13,22,30H,5,9-10H2,1H3,(H,27,28)/t11-,12?,13?/m1/s1. The molecule has 1 aromatic heterocycles. The van der Waals surface area contributed by atoms with Crippen LogP contribution in [0.3, 0.4) is 0 Å². The lowest BCUT2D eigenvalue weighted by Crippen LogP contribution is -2.57. The van der Waals surface area contributed by atoms with Crippen LogP contribution >= 0.6 is 0 Å². The number of hydrogen-bond acceptors (Lipinski definition) is 6. The van der Waals surface area contributed by atoms with Gasteiger partial charge in [0.15, 0.2) is 0 Å². The van der Waals surface area contributed by atoms with Crippen LogP contribution in [0.2, 0.25) is 0 Å². The molecule has 3 aliphatic rings. The van der Waals surface area contributed by atoms with E-state index < -0.39 is 23.8 Å². The van der Waals surface area contributed by atoms with Gasteiger partial charge in [0.05, 0.1) is 46.9 Å². The van der Waals surface area contributed by atoms with Gasteiger partial charge in [-0.05, 0) is 13.0 Å². The molecule has 31 heavy (non-hydrogen) atoms. The highest BCUT2D eigenvalue weighted by Crippen LogP contribution is 2.39. The number of phenols is 1. The summed E-state index contributed by atoms with van der Waals surface area (Å²) in [5.74, 6) is -0.821. The van der Waals surface area contributed by atoms with E-state index in [1.54, 1.807) is 13.0 Å². The van der Waals surface area contributed by atoms with Crippen molar-refractivity contribution in [3.05, 3.63) is 53.5 Å². The van der Waals surface area contributed by atoms with Crippen LogP contribution in [0.25, 0.3) is 10.9 Å². The first-order chi connectivity index (χ1) is 14.9. The average molecular weight is 430 g/mol. The number of phenolic OH excluding ortho intramolecular Hbond substituents is 1. The molecule has 3 aromatic rings. The van der Waals surface area contributed by atoms with Gasteiger partial charge in [0, 0.05) is 36.5 Å². The van der Waals surface area contributed by atoms with Crippen LogP contribution in [0.1, 0.15) is 36.9 Å². The predicted molar refractivity (Wildman–Crippen MR) is 110 cm³/mol. The van der Waals surface area contributed by atoms with Crippen molar-refractivity contribution in [2.24, 2.45) is 0 Å². The number of rotatable bonds is 5. The maximum atomic E-state index is 14.6. The second-order valence-electron chi connectivity index (χ2n) is 8.05. The third kappa shape index (κ3) is 3.52. The largest absolute Gasteiger partial charge is 0.506 e. The molecule has 3 fully saturated rings. The monoisotopic (exact) mass is 430 g/mol. The van der Waals surface area contributed by atoms with Crippen LogP contribution < -0.4 is 10.2 Å². The number of morpholine rings is 1. The van der Waals surface area contributed by atoms with Gasteiger partial charge in [-0.1, -0.05) is 18.2 Å². The molecule has 2 aromatic carbocycles. The highest BCUT2D eigenvalue weighted by molar-refractivity contribution is 5.95. The molecule has 0 amide bonds. The molecule has 4 heterocycles. The van der Waals surface area contributed by atoms with Gasteiger partial charge in [-0.15, -0.1) is 0 Å². The lowest BCUT2D eigenvalue weighted by atomic mass is 9.97. The van der Waals surface area contributed by atoms with Gasteiger partial charge in [-0.3, -0.25) is 0 Å². The highest BCUT2D eigenvalue weighted by atomic mass is 19.3. The summed E-state index contributed by atoms with van der Waals surface area (Å²) in [6, 6.07) is 6.76. The third-order valence-corrected chi connectivity index (χ3v) is 5.97. The van der Waals surface area contributed by atoms with Crippen LogP contribution in [0.4, 0.5) is 24.5 Å². The van der Waals surface area contributed by atoms with E-state index in [0.29, 0.717) is 35.4 Å². The fourth-order valence-electron chi connectivity index (χ4n) is 4.39. The van der Waals surface area contributed by atoms with Gasteiger partial charge < -0.3 is 20.1 Å². The van der Waals surface area contributed by atoms with Crippen LogP contribution in [0, 0.1) is 5.82 Å². The first-order valence-corrected chi connectivity index (χ1v) is 10.1. The van der Waals surface area contributed by atoms with E-state index in [0.717, 1.165) is 12.5 Å². The molecule has 2 unspecified atom stereocenters. The van der Waals surface area contributed by atoms with Crippen LogP contribution in [-0.2, 0) is 4.74 Å². The molecule has 6 nitrogen and oxygen atoms in total. The first kappa shape index (κ1) is 19.9. The lowest BCUT2D eigenvalue weighted by Gasteiger charge is -2.48. The predicted octanol–water partition coefficient (Wildman–Crippen LogP) is 4.56. The summed E-state index contributed by atoms with van der Waals surface area (Å²) in [5, 5.41) is 22.4. The molecule has 3 aliphatic heterocycles. The zero-order valence-corrected chi connectivity index (χ0v) is 16.7. The summed E-state index contributed by atoms with van der Waals surface area (Å²) >= 11 is 0. The van der Waals surface area contributed by atoms with Crippen molar-refractivity contribution in [3.8, 4) is 5.75 Å². The van der Waals surface area contributed by atoms with Gasteiger partial charge in [0.1, 0.15) is 11.6 Å². The fourth-order valence-corrected chi connectivity index (χ4v) is 4.39. The van der Waals surface area contributed by atoms with E-state index in [1.165, 1.54) is 18.3 Å². The smallest absolute Gasteiger partial charge is 0.266 e. The molecule has 0 aliphatic carbocycles. The van der Waals surface area contributed by atoms with Crippen molar-refractivity contribution in [1.82, 2.24) is 10.2 Å². The van der Waals surface area contributed by atoms with Crippen molar-refractivity contribution in [2.45, 2.75) is 38.0 Å². The van der Waals surface area contributed by atoms with E-state index in [-0.39, 0.29) is 23.5 Å². The SMILES string of the molecule is C[C@@H](Nc1cnnc2cc(O)c(N3CC4CC(C3)O4)cc12)c1cccc(C(F)F)c1F. The molecule has 162 valence electrons. The Hall–Kier alpha value is -3.07. The molecule has 6 rings (SSSR count). The molecular formula is C22H21F3N4O2. The maximum Gasteiger partial charge on any atom is 0.266 e. The summed E-state index contributed by atoms with van der Waals surface area (Å²) in [6.07, 6.45) is -0.00469. The van der Waals surface area contributed by atoms with E-state index >= 15 is 0 Å². The van der Waals surface area contributed by atoms with E-state index in [1.807, 2.05) is 6.07 Å². The number of fused-ring (bicyclic) bond motifs is 3. The van der Waals surface area contributed by atoms with Crippen molar-refractivity contribution in [3.63, 3.8) is 0 Å². The van der Waals surface area contributed by atoms with Gasteiger partial charge in [-0.2, -0.15) is 10.2 Å². The molecule has 0 spiro atoms. The topological polar surface area (TPSA) is 70.5 Å². The first-order valence-electron chi connectivity index (χ1n) is 10.1. The van der Waals surface area contributed by atoms with Gasteiger partial charge >= 0.3 is 0 Å². The fraction of sp³-hybridized carbons (Fsp3) is 0.364. The number of aromatic nitrogens is 2. The molecule has 9 heteroatoms. The molecule has 0 radical (unpaired) electrons. The van der Waals surface area contributed by atoms with Gasteiger partial charge in [-0.25, -0.2) is 13.2 Å². The molecule has 3 atom stereocenters. The number of alkyl halides is 2. The number of nitrogens with one attached hydrogen (secondary N) is 1. The summed E-state index contributed by atoms with van der Waals surface area (Å²) in [7, 11) is 0. The minimum Gasteiger partial charge on any atom is -0.506 e. The Kier molecular flexibility index (Phi) is 4.85. The van der Waals surface area contributed by atoms with Crippen molar-refractivity contribution < 1.29 is 23.0 Å². The van der Waals surface area contributed by atoms with Crippen LogP contribution in [-0.4, -0.2) is 40.6 Å².